The predicted octanol–water partition coefficient (Wildman–Crippen LogP) is 6.65. The lowest BCUT2D eigenvalue weighted by atomic mass is 9.44. The first-order chi connectivity index (χ1) is 33.7. The van der Waals surface area contributed by atoms with E-state index < -0.39 is 119 Å². The van der Waals surface area contributed by atoms with Crippen LogP contribution in [0.1, 0.15) is 132 Å². The Labute approximate surface area is 413 Å². The third kappa shape index (κ3) is 10.0. The Kier molecular flexibility index (Phi) is 15.7. The molecule has 3 fully saturated rings. The SMILES string of the molecule is CCCCCCCC(=O)O[C@@H](C(=O)O[C@H]1C[C@@]2(O)C(OC(=O)c3ccccc3)C3[C@](C)(C(=O)[C@H](OC(C)=O)C(=C1C)C2(C)C)[C@@H](O)C[C@H]1OC[C@@]31OC(C)=O)[C@@H](NC(=O)c1ccccc1)c1ccccc1. The van der Waals surface area contributed by atoms with E-state index in [0.29, 0.717) is 12.0 Å². The van der Waals surface area contributed by atoms with Gasteiger partial charge in [-0.15, -0.1) is 0 Å². The van der Waals surface area contributed by atoms with Gasteiger partial charge in [0.1, 0.15) is 30.0 Å². The van der Waals surface area contributed by atoms with Crippen molar-refractivity contribution in [3.63, 3.8) is 0 Å². The van der Waals surface area contributed by atoms with Crippen molar-refractivity contribution in [1.82, 2.24) is 5.32 Å². The van der Waals surface area contributed by atoms with E-state index in [-0.39, 0.29) is 41.7 Å². The van der Waals surface area contributed by atoms with E-state index in [2.05, 4.69) is 12.2 Å². The molecule has 3 aromatic carbocycles. The number of Topliss-reactive ketones (excluding diaryl/α,β-unsaturated/α-hetero) is 1. The molecule has 1 saturated heterocycles. The number of hydrogen-bond donors (Lipinski definition) is 3. The highest BCUT2D eigenvalue weighted by Gasteiger charge is 2.78. The van der Waals surface area contributed by atoms with Gasteiger partial charge < -0.3 is 44.0 Å². The molecule has 7 rings (SSSR count). The Balaban J connectivity index is 1.40. The third-order valence-corrected chi connectivity index (χ3v) is 15.2. The van der Waals surface area contributed by atoms with Crippen molar-refractivity contribution in [3.05, 3.63) is 119 Å². The standard InChI is InChI=1S/C55H65NO15/c1-8-9-10-11-21-28-41(60)69-45(43(35-22-15-12-16-23-35)56-49(62)36-24-17-13-18-25-36)51(64)68-38-30-55(65)48(70-50(63)37-26-19-14-20-27-37)46-53(7,39(59)29-40-54(46,31-66-40)71-34(4)58)47(61)44(67-33(3)57)42(32(38)2)52(55,5)6/h12-20,22-27,38-40,43-46,48,59,65H,8-11,21,28-31H2,1-7H3,(H,56,62)/t38-,39-,40+,43-,44+,45+,46?,48?,53+,54-,55+/m0/s1. The summed E-state index contributed by atoms with van der Waals surface area (Å²) in [4.78, 5) is 99.6. The number of ketones is 1. The highest BCUT2D eigenvalue weighted by atomic mass is 16.6. The maximum atomic E-state index is 15.7. The van der Waals surface area contributed by atoms with Gasteiger partial charge in [0.05, 0.1) is 29.6 Å². The minimum atomic E-state index is -2.43. The number of carbonyl (C=O) groups excluding carboxylic acids is 7. The number of benzene rings is 3. The van der Waals surface area contributed by atoms with Crippen LogP contribution in [0.4, 0.5) is 0 Å². The van der Waals surface area contributed by atoms with E-state index in [0.717, 1.165) is 39.5 Å². The van der Waals surface area contributed by atoms with Gasteiger partial charge in [0.25, 0.3) is 5.91 Å². The van der Waals surface area contributed by atoms with Gasteiger partial charge in [-0.05, 0) is 61.2 Å². The molecule has 4 aliphatic rings. The van der Waals surface area contributed by atoms with E-state index in [1.807, 2.05) is 0 Å². The maximum Gasteiger partial charge on any atom is 0.350 e. The topological polar surface area (TPSA) is 227 Å². The van der Waals surface area contributed by atoms with Crippen LogP contribution >= 0.6 is 0 Å². The molecule has 1 aliphatic heterocycles. The summed E-state index contributed by atoms with van der Waals surface area (Å²) in [6.07, 6.45) is -6.51. The summed E-state index contributed by atoms with van der Waals surface area (Å²) in [6.45, 7) is 10.1. The molecule has 3 aliphatic carbocycles. The van der Waals surface area contributed by atoms with Gasteiger partial charge in [-0.25, -0.2) is 9.59 Å². The fourth-order valence-electron chi connectivity index (χ4n) is 11.4. The van der Waals surface area contributed by atoms with E-state index in [9.17, 15) is 34.2 Å². The average molecular weight is 980 g/mol. The summed E-state index contributed by atoms with van der Waals surface area (Å²) in [5.41, 5.74) is -7.16. The zero-order valence-corrected chi connectivity index (χ0v) is 41.3. The summed E-state index contributed by atoms with van der Waals surface area (Å²) in [6, 6.07) is 23.2. The molecule has 380 valence electrons. The molecule has 16 nitrogen and oxygen atoms in total. The molecule has 2 unspecified atom stereocenters. The van der Waals surface area contributed by atoms with Gasteiger partial charge in [0, 0.05) is 44.1 Å². The van der Waals surface area contributed by atoms with Gasteiger partial charge in [0.15, 0.2) is 17.5 Å². The van der Waals surface area contributed by atoms with Crippen LogP contribution in [-0.4, -0.2) is 106 Å². The molecule has 1 heterocycles. The number of unbranched alkanes of at least 4 members (excludes halogenated alkanes) is 4. The minimum absolute atomic E-state index is 0.0111. The second-order valence-corrected chi connectivity index (χ2v) is 20.0. The number of ether oxygens (including phenoxy) is 6. The molecule has 71 heavy (non-hydrogen) atoms. The van der Waals surface area contributed by atoms with Crippen LogP contribution in [0.3, 0.4) is 0 Å². The second kappa shape index (κ2) is 21.2. The normalized spacial score (nSPS) is 29.2. The number of hydrogen-bond acceptors (Lipinski definition) is 15. The Morgan fingerprint density at radius 1 is 0.803 bits per heavy atom. The van der Waals surface area contributed by atoms with Gasteiger partial charge in [-0.3, -0.25) is 24.0 Å². The first-order valence-electron chi connectivity index (χ1n) is 24.4. The van der Waals surface area contributed by atoms with Crippen molar-refractivity contribution in [2.45, 2.75) is 154 Å². The zero-order chi connectivity index (χ0) is 51.5. The Hall–Kier alpha value is -6.23. The van der Waals surface area contributed by atoms with Gasteiger partial charge in [0.2, 0.25) is 6.10 Å². The number of aliphatic hydroxyl groups excluding tert-OH is 1. The van der Waals surface area contributed by atoms with Crippen LogP contribution in [0.25, 0.3) is 0 Å². The summed E-state index contributed by atoms with van der Waals surface area (Å²) in [5.74, 6) is -7.55. The number of esters is 5. The Morgan fingerprint density at radius 3 is 1.99 bits per heavy atom. The number of nitrogens with one attached hydrogen (secondary N) is 1. The molecular formula is C55H65NO15. The van der Waals surface area contributed by atoms with Crippen LogP contribution in [0, 0.1) is 16.7 Å². The average Bonchev–Trinajstić information content (AvgIpc) is 3.33. The maximum absolute atomic E-state index is 15.7. The van der Waals surface area contributed by atoms with Gasteiger partial charge >= 0.3 is 29.8 Å². The first kappa shape index (κ1) is 52.6. The quantitative estimate of drug-likeness (QED) is 0.0557. The fourth-order valence-corrected chi connectivity index (χ4v) is 11.4. The van der Waals surface area contributed by atoms with Crippen LogP contribution < -0.4 is 5.32 Å². The van der Waals surface area contributed by atoms with Gasteiger partial charge in [-0.2, -0.15) is 0 Å². The number of amides is 1. The van der Waals surface area contributed by atoms with E-state index in [1.54, 1.807) is 99.6 Å². The van der Waals surface area contributed by atoms with Crippen LogP contribution in [0.5, 0.6) is 0 Å². The minimum Gasteiger partial charge on any atom is -0.455 e. The third-order valence-electron chi connectivity index (χ3n) is 15.2. The van der Waals surface area contributed by atoms with Crippen LogP contribution in [0.2, 0.25) is 0 Å². The summed E-state index contributed by atoms with van der Waals surface area (Å²) in [5, 5.41) is 29.0. The Morgan fingerprint density at radius 2 is 1.41 bits per heavy atom. The lowest BCUT2D eigenvalue weighted by molar-refractivity contribution is -0.346. The molecule has 11 atom stereocenters. The lowest BCUT2D eigenvalue weighted by Crippen LogP contribution is -2.82. The second-order valence-electron chi connectivity index (χ2n) is 20.0. The van der Waals surface area contributed by atoms with E-state index >= 15 is 9.59 Å². The molecule has 1 amide bonds. The zero-order valence-electron chi connectivity index (χ0n) is 41.3. The molecule has 3 aromatic rings. The first-order valence-corrected chi connectivity index (χ1v) is 24.4. The van der Waals surface area contributed by atoms with Gasteiger partial charge in [-0.1, -0.05) is 113 Å². The molecule has 0 spiro atoms. The smallest absolute Gasteiger partial charge is 0.350 e. The number of aliphatic hydroxyl groups is 2. The largest absolute Gasteiger partial charge is 0.455 e. The molecular weight excluding hydrogens is 915 g/mol. The van der Waals surface area contributed by atoms with E-state index in [4.69, 9.17) is 28.4 Å². The number of carbonyl (C=O) groups is 7. The monoisotopic (exact) mass is 979 g/mol. The number of fused-ring (bicyclic) bond motifs is 5. The van der Waals surface area contributed by atoms with Crippen molar-refractivity contribution in [1.29, 1.82) is 0 Å². The molecule has 3 N–H and O–H groups in total. The molecule has 2 saturated carbocycles. The summed E-state index contributed by atoms with van der Waals surface area (Å²) >= 11 is 0. The highest BCUT2D eigenvalue weighted by molar-refractivity contribution is 5.96. The van der Waals surface area contributed by atoms with Crippen LogP contribution in [0.15, 0.2) is 102 Å². The lowest BCUT2D eigenvalue weighted by Gasteiger charge is -2.67. The molecule has 2 bridgehead atoms. The van der Waals surface area contributed by atoms with E-state index in [1.165, 1.54) is 19.1 Å². The van der Waals surface area contributed by atoms with Crippen molar-refractivity contribution in [2.24, 2.45) is 16.7 Å². The van der Waals surface area contributed by atoms with Crippen molar-refractivity contribution in [3.8, 4) is 0 Å². The van der Waals surface area contributed by atoms with Crippen LogP contribution in [-0.2, 0) is 52.4 Å². The predicted molar refractivity (Wildman–Crippen MR) is 255 cm³/mol. The molecule has 0 aromatic heterocycles. The molecule has 16 heteroatoms. The van der Waals surface area contributed by atoms with Crippen molar-refractivity contribution >= 4 is 41.5 Å². The number of rotatable bonds is 17. The highest BCUT2D eigenvalue weighted by Crippen LogP contribution is 2.64. The fraction of sp³-hybridized carbons (Fsp3) is 0.509. The van der Waals surface area contributed by atoms with Crippen molar-refractivity contribution in [2.75, 3.05) is 6.61 Å². The molecule has 0 radical (unpaired) electrons. The Bertz CT molecular complexity index is 2510. The summed E-state index contributed by atoms with van der Waals surface area (Å²) in [7, 11) is 0. The van der Waals surface area contributed by atoms with Crippen molar-refractivity contribution < 1.29 is 72.2 Å². The summed E-state index contributed by atoms with van der Waals surface area (Å²) < 4.78 is 37.0.